The minimum atomic E-state index is -0.800. The fourth-order valence-electron chi connectivity index (χ4n) is 8.17. The highest BCUT2D eigenvalue weighted by Gasteiger charge is 2.24. The number of ether oxygens (including phenoxy) is 1. The van der Waals surface area contributed by atoms with Crippen molar-refractivity contribution in [3.63, 3.8) is 0 Å². The van der Waals surface area contributed by atoms with Crippen molar-refractivity contribution in [3.8, 4) is 0 Å². The Balaban J connectivity index is 4.59. The monoisotopic (exact) mass is 882 g/mol. The van der Waals surface area contributed by atoms with Crippen molar-refractivity contribution < 1.29 is 24.5 Å². The summed E-state index contributed by atoms with van der Waals surface area (Å²) in [6.45, 7) is 6.34. The lowest BCUT2D eigenvalue weighted by Gasteiger charge is -2.24. The number of unbranched alkanes of at least 4 members (excludes halogenated alkanes) is 30. The standard InChI is InChI=1S/C57H103NO5/c1-4-7-10-13-16-19-22-25-27-28-29-32-34-37-40-43-46-49-55(60)54(52-59)58-56(61)51-53(48-45-42-39-36-33-31-26-23-20-17-14-11-8-5-2)63-57(62)50-47-44-41-38-35-30-24-21-18-15-12-9-6-3/h9,12,15,18,21,24,30,35,38,41,53-55,59-60H,4-8,10-11,13-14,16-17,19-20,22-23,25-29,31-34,36-37,39-40,42-52H2,1-3H3,(H,58,61)/b12-9+,18-15+,24-21-,35-30-,41-38+. The molecule has 3 unspecified atom stereocenters. The summed E-state index contributed by atoms with van der Waals surface area (Å²) in [6, 6.07) is -0.716. The molecule has 3 atom stereocenters. The molecule has 0 spiro atoms. The fourth-order valence-corrected chi connectivity index (χ4v) is 8.17. The van der Waals surface area contributed by atoms with Gasteiger partial charge in [0.15, 0.2) is 0 Å². The van der Waals surface area contributed by atoms with Gasteiger partial charge < -0.3 is 20.3 Å². The van der Waals surface area contributed by atoms with E-state index in [0.717, 1.165) is 51.4 Å². The van der Waals surface area contributed by atoms with Crippen LogP contribution in [-0.4, -0.2) is 46.9 Å². The Bertz CT molecular complexity index is 1130. The van der Waals surface area contributed by atoms with Crippen molar-refractivity contribution in [2.45, 2.75) is 283 Å². The van der Waals surface area contributed by atoms with E-state index in [2.05, 4.69) is 38.2 Å². The van der Waals surface area contributed by atoms with E-state index in [1.165, 1.54) is 161 Å². The molecule has 0 radical (unpaired) electrons. The maximum absolute atomic E-state index is 13.2. The molecule has 0 aliphatic carbocycles. The molecule has 1 amide bonds. The Morgan fingerprint density at radius 2 is 0.841 bits per heavy atom. The summed E-state index contributed by atoms with van der Waals surface area (Å²) in [4.78, 5) is 26.1. The van der Waals surface area contributed by atoms with Gasteiger partial charge >= 0.3 is 5.97 Å². The van der Waals surface area contributed by atoms with Crippen LogP contribution in [0.4, 0.5) is 0 Å². The first kappa shape index (κ1) is 60.6. The molecular formula is C57H103NO5. The molecule has 0 aliphatic heterocycles. The maximum atomic E-state index is 13.2. The van der Waals surface area contributed by atoms with Crippen LogP contribution in [0.25, 0.3) is 0 Å². The number of carbonyl (C=O) groups is 2. The first-order valence-corrected chi connectivity index (χ1v) is 27.1. The minimum Gasteiger partial charge on any atom is -0.462 e. The maximum Gasteiger partial charge on any atom is 0.306 e. The smallest absolute Gasteiger partial charge is 0.306 e. The fraction of sp³-hybridized carbons (Fsp3) is 0.789. The van der Waals surface area contributed by atoms with E-state index in [9.17, 15) is 19.8 Å². The Morgan fingerprint density at radius 1 is 0.476 bits per heavy atom. The zero-order valence-electron chi connectivity index (χ0n) is 41.7. The van der Waals surface area contributed by atoms with E-state index in [0.29, 0.717) is 25.7 Å². The number of rotatable bonds is 48. The molecule has 0 aromatic rings. The zero-order chi connectivity index (χ0) is 45.9. The van der Waals surface area contributed by atoms with Gasteiger partial charge in [-0.25, -0.2) is 0 Å². The summed E-state index contributed by atoms with van der Waals surface area (Å²) < 4.78 is 5.90. The number of carbonyl (C=O) groups excluding carboxylic acids is 2. The number of hydrogen-bond donors (Lipinski definition) is 3. The van der Waals surface area contributed by atoms with E-state index in [-0.39, 0.29) is 24.9 Å². The second-order valence-electron chi connectivity index (χ2n) is 18.4. The van der Waals surface area contributed by atoms with Gasteiger partial charge in [-0.15, -0.1) is 0 Å². The van der Waals surface area contributed by atoms with E-state index in [1.807, 2.05) is 48.6 Å². The molecule has 0 saturated heterocycles. The van der Waals surface area contributed by atoms with Crippen molar-refractivity contribution >= 4 is 11.9 Å². The van der Waals surface area contributed by atoms with Gasteiger partial charge in [0.1, 0.15) is 6.10 Å². The third kappa shape index (κ3) is 45.9. The summed E-state index contributed by atoms with van der Waals surface area (Å²) in [6.07, 6.45) is 62.9. The van der Waals surface area contributed by atoms with Gasteiger partial charge in [0.25, 0.3) is 0 Å². The van der Waals surface area contributed by atoms with E-state index < -0.39 is 18.2 Å². The normalized spacial score (nSPS) is 13.7. The molecule has 0 heterocycles. The Labute approximate surface area is 390 Å². The third-order valence-corrected chi connectivity index (χ3v) is 12.2. The second-order valence-corrected chi connectivity index (χ2v) is 18.4. The molecule has 366 valence electrons. The van der Waals surface area contributed by atoms with Crippen LogP contribution in [0.1, 0.15) is 265 Å². The van der Waals surface area contributed by atoms with Crippen LogP contribution < -0.4 is 5.32 Å². The first-order chi connectivity index (χ1) is 31.0. The van der Waals surface area contributed by atoms with Gasteiger partial charge in [-0.05, 0) is 38.5 Å². The second kappa shape index (κ2) is 50.6. The van der Waals surface area contributed by atoms with Gasteiger partial charge in [0.05, 0.1) is 25.2 Å². The van der Waals surface area contributed by atoms with Gasteiger partial charge in [-0.1, -0.05) is 274 Å². The summed E-state index contributed by atoms with van der Waals surface area (Å²) >= 11 is 0. The van der Waals surface area contributed by atoms with Crippen molar-refractivity contribution in [3.05, 3.63) is 60.8 Å². The molecule has 63 heavy (non-hydrogen) atoms. The van der Waals surface area contributed by atoms with E-state index in [4.69, 9.17) is 4.74 Å². The molecule has 6 heteroatoms. The molecule has 0 aliphatic rings. The van der Waals surface area contributed by atoms with E-state index in [1.54, 1.807) is 0 Å². The number of aliphatic hydroxyl groups excluding tert-OH is 2. The summed E-state index contributed by atoms with van der Waals surface area (Å²) in [7, 11) is 0. The lowest BCUT2D eigenvalue weighted by Crippen LogP contribution is -2.46. The molecular weight excluding hydrogens is 779 g/mol. The zero-order valence-corrected chi connectivity index (χ0v) is 41.7. The third-order valence-electron chi connectivity index (χ3n) is 12.2. The molecule has 0 aromatic carbocycles. The predicted octanol–water partition coefficient (Wildman–Crippen LogP) is 16.4. The van der Waals surface area contributed by atoms with Crippen LogP contribution in [-0.2, 0) is 14.3 Å². The Hall–Kier alpha value is -2.44. The average molecular weight is 882 g/mol. The van der Waals surface area contributed by atoms with Crippen LogP contribution in [0.15, 0.2) is 60.8 Å². The van der Waals surface area contributed by atoms with Gasteiger partial charge in [0, 0.05) is 6.42 Å². The van der Waals surface area contributed by atoms with Crippen molar-refractivity contribution in [1.82, 2.24) is 5.32 Å². The number of allylic oxidation sites excluding steroid dienone is 10. The van der Waals surface area contributed by atoms with Crippen molar-refractivity contribution in [1.29, 1.82) is 0 Å². The molecule has 0 aromatic heterocycles. The number of esters is 1. The van der Waals surface area contributed by atoms with Crippen LogP contribution in [0.5, 0.6) is 0 Å². The predicted molar refractivity (Wildman–Crippen MR) is 273 cm³/mol. The minimum absolute atomic E-state index is 0.0504. The summed E-state index contributed by atoms with van der Waals surface area (Å²) in [5.41, 5.74) is 0. The SMILES string of the molecule is CC/C=C/C=C/C=C\C=C/C=C/CCCC(=O)OC(CCCCCCCCCCCCCCCC)CC(=O)NC(CO)C(O)CCCCCCCCCCCCCCCCCCC. The lowest BCUT2D eigenvalue weighted by molar-refractivity contribution is -0.151. The van der Waals surface area contributed by atoms with Crippen LogP contribution >= 0.6 is 0 Å². The number of amides is 1. The van der Waals surface area contributed by atoms with Gasteiger partial charge in [0.2, 0.25) is 5.91 Å². The summed E-state index contributed by atoms with van der Waals surface area (Å²) in [5, 5.41) is 23.8. The quantitative estimate of drug-likeness (QED) is 0.0321. The van der Waals surface area contributed by atoms with Crippen LogP contribution in [0.3, 0.4) is 0 Å². The number of nitrogens with one attached hydrogen (secondary N) is 1. The van der Waals surface area contributed by atoms with Crippen molar-refractivity contribution in [2.75, 3.05) is 6.61 Å². The largest absolute Gasteiger partial charge is 0.462 e. The van der Waals surface area contributed by atoms with Gasteiger partial charge in [-0.2, -0.15) is 0 Å². The Kier molecular flexibility index (Phi) is 48.6. The molecule has 0 bridgehead atoms. The highest BCUT2D eigenvalue weighted by molar-refractivity contribution is 5.77. The molecule has 0 rings (SSSR count). The Morgan fingerprint density at radius 3 is 1.24 bits per heavy atom. The highest BCUT2D eigenvalue weighted by Crippen LogP contribution is 2.18. The summed E-state index contributed by atoms with van der Waals surface area (Å²) in [5.74, 6) is -0.554. The molecule has 3 N–H and O–H groups in total. The first-order valence-electron chi connectivity index (χ1n) is 27.1. The lowest BCUT2D eigenvalue weighted by atomic mass is 10.0. The average Bonchev–Trinajstić information content (AvgIpc) is 3.28. The molecule has 0 saturated carbocycles. The molecule has 0 fully saturated rings. The van der Waals surface area contributed by atoms with Crippen molar-refractivity contribution in [2.24, 2.45) is 0 Å². The molecule has 6 nitrogen and oxygen atoms in total. The van der Waals surface area contributed by atoms with Crippen LogP contribution in [0.2, 0.25) is 0 Å². The van der Waals surface area contributed by atoms with Gasteiger partial charge in [-0.3, -0.25) is 9.59 Å². The van der Waals surface area contributed by atoms with Crippen LogP contribution in [0, 0.1) is 0 Å². The highest BCUT2D eigenvalue weighted by atomic mass is 16.5. The van der Waals surface area contributed by atoms with E-state index >= 15 is 0 Å². The topological polar surface area (TPSA) is 95.9 Å². The number of hydrogen-bond acceptors (Lipinski definition) is 5. The number of aliphatic hydroxyl groups is 2.